The largest absolute Gasteiger partial charge is 0.508 e. The molecule has 3 rings (SSSR count). The van der Waals surface area contributed by atoms with E-state index in [0.29, 0.717) is 11.2 Å². The Kier molecular flexibility index (Phi) is 10.3. The number of carbonyl (C=O) groups is 1. The first-order valence-electron chi connectivity index (χ1n) is 10.7. The van der Waals surface area contributed by atoms with E-state index in [1.54, 1.807) is 19.1 Å². The van der Waals surface area contributed by atoms with Crippen molar-refractivity contribution >= 4 is 17.5 Å². The second-order valence-corrected chi connectivity index (χ2v) is 7.52. The highest BCUT2D eigenvalue weighted by atomic mass is 16.7. The lowest BCUT2D eigenvalue weighted by molar-refractivity contribution is -0.110. The van der Waals surface area contributed by atoms with E-state index in [4.69, 9.17) is 19.9 Å². The number of nitrogen functional groups attached to an aromatic ring is 1. The maximum absolute atomic E-state index is 11.9. The van der Waals surface area contributed by atoms with Crippen LogP contribution in [0.25, 0.3) is 5.52 Å². The van der Waals surface area contributed by atoms with Crippen molar-refractivity contribution in [3.63, 3.8) is 0 Å². The van der Waals surface area contributed by atoms with Gasteiger partial charge in [-0.15, -0.1) is 0 Å². The average Bonchev–Trinajstić information content (AvgIpc) is 3.31. The number of aromatic nitrogens is 3. The molecular weight excluding hydrogens is 418 g/mol. The summed E-state index contributed by atoms with van der Waals surface area (Å²) in [4.78, 5) is 15.8. The molecule has 0 aliphatic carbocycles. The summed E-state index contributed by atoms with van der Waals surface area (Å²) in [7, 11) is 0. The first-order valence-corrected chi connectivity index (χ1v) is 10.7. The van der Waals surface area contributed by atoms with Crippen molar-refractivity contribution in [2.75, 3.05) is 18.9 Å². The first-order chi connectivity index (χ1) is 14.8. The van der Waals surface area contributed by atoms with Gasteiger partial charge in [0, 0.05) is 0 Å². The molecule has 2 aromatic rings. The van der Waals surface area contributed by atoms with Crippen LogP contribution in [0.4, 0.5) is 10.6 Å². The van der Waals surface area contributed by atoms with Gasteiger partial charge in [0.2, 0.25) is 0 Å². The van der Waals surface area contributed by atoms with Gasteiger partial charge in [0.15, 0.2) is 5.82 Å². The van der Waals surface area contributed by atoms with Crippen LogP contribution in [0.1, 0.15) is 59.3 Å². The summed E-state index contributed by atoms with van der Waals surface area (Å²) in [5.41, 5.74) is 5.58. The minimum Gasteiger partial charge on any atom is -0.434 e. The highest BCUT2D eigenvalue weighted by Gasteiger charge is 2.53. The van der Waals surface area contributed by atoms with Gasteiger partial charge in [-0.05, 0) is 25.0 Å². The van der Waals surface area contributed by atoms with Gasteiger partial charge < -0.3 is 36.3 Å². The predicted molar refractivity (Wildman–Crippen MR) is 119 cm³/mol. The van der Waals surface area contributed by atoms with E-state index in [9.17, 15) is 15.0 Å². The Morgan fingerprint density at radius 1 is 1.28 bits per heavy atom. The molecule has 1 aliphatic heterocycles. The van der Waals surface area contributed by atoms with E-state index in [0.717, 1.165) is 12.8 Å². The van der Waals surface area contributed by atoms with Crippen LogP contribution in [0.5, 0.6) is 0 Å². The summed E-state index contributed by atoms with van der Waals surface area (Å²) < 4.78 is 17.7. The third-order valence-electron chi connectivity index (χ3n) is 5.53. The van der Waals surface area contributed by atoms with Crippen LogP contribution in [-0.2, 0) is 14.2 Å². The van der Waals surface area contributed by atoms with Crippen molar-refractivity contribution in [1.29, 1.82) is 0 Å². The molecule has 11 heteroatoms. The number of ether oxygens (including phenoxy) is 3. The van der Waals surface area contributed by atoms with E-state index >= 15 is 0 Å². The van der Waals surface area contributed by atoms with Crippen LogP contribution in [0.15, 0.2) is 18.5 Å². The standard InChI is InChI=1S/C19H28N4O6.C2H6.H3N/c1-4-11(5-2)8-27-18(26)28-9-19(3)16(25)14(24)15(29-19)12-6-7-13-17(20)21-10-22-23(12)13;1-2;/h6-7,10-11,14-16,24-25H,4-5,8-9H2,1-3H3,(H2,20,21,22);1-2H3;1H3/t14-,15-,16-,19+;;/m0../s1. The van der Waals surface area contributed by atoms with Crippen molar-refractivity contribution in [2.45, 2.75) is 71.4 Å². The summed E-state index contributed by atoms with van der Waals surface area (Å²) in [5.74, 6) is 0.556. The summed E-state index contributed by atoms with van der Waals surface area (Å²) >= 11 is 0. The number of nitrogens with two attached hydrogens (primary N) is 1. The number of aliphatic hydroxyl groups is 2. The molecule has 0 bridgehead atoms. The zero-order valence-corrected chi connectivity index (χ0v) is 19.5. The number of anilines is 1. The van der Waals surface area contributed by atoms with Crippen molar-refractivity contribution in [1.82, 2.24) is 20.7 Å². The Labute approximate surface area is 188 Å². The molecule has 11 nitrogen and oxygen atoms in total. The Balaban J connectivity index is 0.00000166. The SMILES string of the molecule is CC.CCC(CC)COC(=O)OC[C@@]1(C)O[C@@H](c2ccc3c(N)ncnn23)[C@H](O)[C@@H]1O.N. The lowest BCUT2D eigenvalue weighted by Crippen LogP contribution is -2.44. The highest BCUT2D eigenvalue weighted by molar-refractivity contribution is 5.65. The van der Waals surface area contributed by atoms with Gasteiger partial charge in [-0.3, -0.25) is 0 Å². The van der Waals surface area contributed by atoms with Crippen molar-refractivity contribution in [2.24, 2.45) is 5.92 Å². The Bertz CT molecular complexity index is 858. The van der Waals surface area contributed by atoms with E-state index in [-0.39, 0.29) is 31.1 Å². The van der Waals surface area contributed by atoms with E-state index in [1.807, 2.05) is 27.7 Å². The average molecular weight is 456 g/mol. The molecule has 1 aliphatic rings. The monoisotopic (exact) mass is 455 g/mol. The van der Waals surface area contributed by atoms with Crippen LogP contribution in [0, 0.1) is 5.92 Å². The van der Waals surface area contributed by atoms with Crippen molar-refractivity contribution in [3.05, 3.63) is 24.2 Å². The number of hydrogen-bond donors (Lipinski definition) is 4. The van der Waals surface area contributed by atoms with Crippen LogP contribution in [0.2, 0.25) is 0 Å². The van der Waals surface area contributed by atoms with Gasteiger partial charge in [0.25, 0.3) is 0 Å². The smallest absolute Gasteiger partial charge is 0.434 e. The van der Waals surface area contributed by atoms with Crippen LogP contribution in [0.3, 0.4) is 0 Å². The van der Waals surface area contributed by atoms with Gasteiger partial charge in [-0.1, -0.05) is 40.5 Å². The van der Waals surface area contributed by atoms with Crippen LogP contribution < -0.4 is 11.9 Å². The molecule has 0 radical (unpaired) electrons. The van der Waals surface area contributed by atoms with Gasteiger partial charge in [-0.2, -0.15) is 5.10 Å². The fourth-order valence-electron chi connectivity index (χ4n) is 3.45. The minimum atomic E-state index is -1.32. The fraction of sp³-hybridized carbons (Fsp3) is 0.667. The molecule has 32 heavy (non-hydrogen) atoms. The number of nitrogens with zero attached hydrogens (tertiary/aromatic N) is 3. The Hall–Kier alpha value is -2.47. The maximum atomic E-state index is 11.9. The first kappa shape index (κ1) is 27.6. The number of carbonyl (C=O) groups excluding carboxylic acids is 1. The fourth-order valence-corrected chi connectivity index (χ4v) is 3.45. The topological polar surface area (TPSA) is 176 Å². The number of hydrogen-bond acceptors (Lipinski definition) is 10. The molecule has 4 atom stereocenters. The molecule has 0 aromatic carbocycles. The molecule has 0 saturated carbocycles. The lowest BCUT2D eigenvalue weighted by Gasteiger charge is -2.26. The zero-order chi connectivity index (χ0) is 23.2. The third kappa shape index (κ3) is 5.66. The minimum absolute atomic E-state index is 0. The number of fused-ring (bicyclic) bond motifs is 1. The molecule has 1 saturated heterocycles. The third-order valence-corrected chi connectivity index (χ3v) is 5.53. The molecule has 2 aromatic heterocycles. The van der Waals surface area contributed by atoms with Gasteiger partial charge >= 0.3 is 6.16 Å². The van der Waals surface area contributed by atoms with Crippen molar-refractivity contribution < 1.29 is 29.2 Å². The summed E-state index contributed by atoms with van der Waals surface area (Å²) in [6.07, 6.45) is -1.17. The summed E-state index contributed by atoms with van der Waals surface area (Å²) in [5, 5.41) is 25.2. The Morgan fingerprint density at radius 3 is 2.56 bits per heavy atom. The van der Waals surface area contributed by atoms with Gasteiger partial charge in [0.1, 0.15) is 42.4 Å². The van der Waals surface area contributed by atoms with E-state index in [2.05, 4.69) is 10.1 Å². The highest BCUT2D eigenvalue weighted by Crippen LogP contribution is 2.40. The van der Waals surface area contributed by atoms with Gasteiger partial charge in [0.05, 0.1) is 12.3 Å². The number of rotatable bonds is 7. The molecule has 0 amide bonds. The molecule has 0 spiro atoms. The molecular formula is C21H37N5O6. The quantitative estimate of drug-likeness (QED) is 0.454. The van der Waals surface area contributed by atoms with Crippen molar-refractivity contribution in [3.8, 4) is 0 Å². The molecule has 7 N–H and O–H groups in total. The van der Waals surface area contributed by atoms with E-state index in [1.165, 1.54) is 10.8 Å². The van der Waals surface area contributed by atoms with E-state index < -0.39 is 30.1 Å². The second kappa shape index (κ2) is 12.0. The molecule has 182 valence electrons. The maximum Gasteiger partial charge on any atom is 0.508 e. The number of aliphatic hydroxyl groups excluding tert-OH is 2. The normalized spacial score (nSPS) is 24.6. The molecule has 0 unspecified atom stereocenters. The molecule has 1 fully saturated rings. The van der Waals surface area contributed by atoms with Crippen LogP contribution >= 0.6 is 0 Å². The van der Waals surface area contributed by atoms with Crippen LogP contribution in [-0.4, -0.2) is 62.0 Å². The summed E-state index contributed by atoms with van der Waals surface area (Å²) in [6, 6.07) is 3.39. The predicted octanol–water partition coefficient (Wildman–Crippen LogP) is 2.64. The molecule has 3 heterocycles. The summed E-state index contributed by atoms with van der Waals surface area (Å²) in [6.45, 7) is 9.61. The second-order valence-electron chi connectivity index (χ2n) is 7.52. The lowest BCUT2D eigenvalue weighted by atomic mass is 9.97. The zero-order valence-electron chi connectivity index (χ0n) is 19.5. The van der Waals surface area contributed by atoms with Gasteiger partial charge in [-0.25, -0.2) is 14.3 Å². The Morgan fingerprint density at radius 2 is 1.94 bits per heavy atom.